The summed E-state index contributed by atoms with van der Waals surface area (Å²) in [4.78, 5) is 12.1. The molecule has 0 aliphatic rings. The molecule has 2 N–H and O–H groups in total. The second-order valence-electron chi connectivity index (χ2n) is 6.76. The molecule has 0 bridgehead atoms. The Balaban J connectivity index is 1.64. The molecule has 1 amide bonds. The number of halogens is 4. The molecule has 3 aromatic carbocycles. The van der Waals surface area contributed by atoms with Crippen molar-refractivity contribution in [3.05, 3.63) is 81.8 Å². The fourth-order valence-electron chi connectivity index (χ4n) is 2.74. The van der Waals surface area contributed by atoms with Crippen LogP contribution in [0.2, 0.25) is 0 Å². The first kappa shape index (κ1) is 24.9. The molecule has 0 aromatic heterocycles. The summed E-state index contributed by atoms with van der Waals surface area (Å²) in [6.07, 6.45) is -3.34. The minimum atomic E-state index is -4.75. The Kier molecular flexibility index (Phi) is 8.00. The Morgan fingerprint density at radius 1 is 1.12 bits per heavy atom. The number of phenols is 1. The van der Waals surface area contributed by atoms with E-state index in [2.05, 4.69) is 31.2 Å². The summed E-state index contributed by atoms with van der Waals surface area (Å²) in [6, 6.07) is 14.3. The molecule has 0 saturated heterocycles. The third-order valence-corrected chi connectivity index (χ3v) is 4.89. The van der Waals surface area contributed by atoms with E-state index in [-0.39, 0.29) is 18.1 Å². The van der Waals surface area contributed by atoms with Gasteiger partial charge in [-0.05, 0) is 75.6 Å². The molecule has 0 heterocycles. The van der Waals surface area contributed by atoms with Gasteiger partial charge in [0.15, 0.2) is 11.5 Å². The first-order valence-corrected chi connectivity index (χ1v) is 10.4. The smallest absolute Gasteiger partial charge is 0.508 e. The Morgan fingerprint density at radius 2 is 1.79 bits per heavy atom. The van der Waals surface area contributed by atoms with Crippen LogP contribution in [-0.2, 0) is 6.61 Å². The maximum atomic E-state index is 12.3. The molecule has 7 nitrogen and oxygen atoms in total. The summed E-state index contributed by atoms with van der Waals surface area (Å²) in [5.41, 5.74) is 3.92. The first-order valence-electron chi connectivity index (χ1n) is 9.62. The van der Waals surface area contributed by atoms with Gasteiger partial charge >= 0.3 is 6.36 Å². The van der Waals surface area contributed by atoms with E-state index >= 15 is 0 Å². The van der Waals surface area contributed by atoms with Gasteiger partial charge in [0, 0.05) is 5.56 Å². The van der Waals surface area contributed by atoms with Crippen LogP contribution in [0.25, 0.3) is 0 Å². The van der Waals surface area contributed by atoms with Crippen molar-refractivity contribution in [3.63, 3.8) is 0 Å². The number of alkyl halides is 3. The zero-order valence-electron chi connectivity index (χ0n) is 17.6. The molecule has 34 heavy (non-hydrogen) atoms. The minimum absolute atomic E-state index is 0.0480. The zero-order valence-corrected chi connectivity index (χ0v) is 19.2. The quantitative estimate of drug-likeness (QED) is 0.296. The van der Waals surface area contributed by atoms with E-state index in [0.717, 1.165) is 0 Å². The lowest BCUT2D eigenvalue weighted by molar-refractivity contribution is -0.274. The standard InChI is InChI=1S/C23H18BrF3N2O5/c1-32-20-11-15(12-28-29-22(31)16-4-6-17(30)7-5-16)10-19(24)21(20)33-13-14-2-8-18(9-3-14)34-23(25,26)27/h2-12,30H,13H2,1H3,(H,29,31)/b28-12+. The zero-order chi connectivity index (χ0) is 24.7. The lowest BCUT2D eigenvalue weighted by Gasteiger charge is -2.14. The molecule has 3 aromatic rings. The number of methoxy groups -OCH3 is 1. The van der Waals surface area contributed by atoms with Gasteiger partial charge in [-0.3, -0.25) is 4.79 Å². The molecule has 0 aliphatic heterocycles. The van der Waals surface area contributed by atoms with E-state index in [0.29, 0.717) is 32.7 Å². The van der Waals surface area contributed by atoms with Crippen LogP contribution < -0.4 is 19.6 Å². The van der Waals surface area contributed by atoms with Gasteiger partial charge in [0.1, 0.15) is 18.1 Å². The topological polar surface area (TPSA) is 89.4 Å². The van der Waals surface area contributed by atoms with E-state index in [1.807, 2.05) is 0 Å². The van der Waals surface area contributed by atoms with Crippen molar-refractivity contribution >= 4 is 28.1 Å². The Hall–Kier alpha value is -3.73. The van der Waals surface area contributed by atoms with Gasteiger partial charge in [0.05, 0.1) is 17.8 Å². The number of hydrogen-bond acceptors (Lipinski definition) is 6. The predicted octanol–water partition coefficient (Wildman–Crippen LogP) is 5.40. The lowest BCUT2D eigenvalue weighted by Crippen LogP contribution is -2.17. The average Bonchev–Trinajstić information content (AvgIpc) is 2.78. The molecule has 0 atom stereocenters. The summed E-state index contributed by atoms with van der Waals surface area (Å²) < 4.78 is 52.4. The van der Waals surface area contributed by atoms with Crippen LogP contribution in [0.5, 0.6) is 23.0 Å². The minimum Gasteiger partial charge on any atom is -0.508 e. The summed E-state index contributed by atoms with van der Waals surface area (Å²) in [5, 5.41) is 13.2. The maximum absolute atomic E-state index is 12.3. The Bertz CT molecular complexity index is 1170. The van der Waals surface area contributed by atoms with E-state index in [1.54, 1.807) is 12.1 Å². The van der Waals surface area contributed by atoms with Gasteiger partial charge in [-0.15, -0.1) is 13.2 Å². The number of rotatable bonds is 8. The van der Waals surface area contributed by atoms with Crippen molar-refractivity contribution in [1.82, 2.24) is 5.43 Å². The fourth-order valence-corrected chi connectivity index (χ4v) is 3.31. The summed E-state index contributed by atoms with van der Waals surface area (Å²) in [5.74, 6) is 0.0259. The van der Waals surface area contributed by atoms with Crippen LogP contribution >= 0.6 is 15.9 Å². The van der Waals surface area contributed by atoms with Crippen LogP contribution in [0, 0.1) is 0 Å². The predicted molar refractivity (Wildman–Crippen MR) is 121 cm³/mol. The van der Waals surface area contributed by atoms with E-state index < -0.39 is 12.3 Å². The summed E-state index contributed by atoms with van der Waals surface area (Å²) in [6.45, 7) is 0.0668. The average molecular weight is 539 g/mol. The van der Waals surface area contributed by atoms with Gasteiger partial charge < -0.3 is 19.3 Å². The molecule has 0 aliphatic carbocycles. The highest BCUT2D eigenvalue weighted by Gasteiger charge is 2.30. The highest BCUT2D eigenvalue weighted by molar-refractivity contribution is 9.10. The van der Waals surface area contributed by atoms with Gasteiger partial charge in [-0.25, -0.2) is 5.43 Å². The number of nitrogens with zero attached hydrogens (tertiary/aromatic N) is 1. The van der Waals surface area contributed by atoms with E-state index in [9.17, 15) is 23.1 Å². The van der Waals surface area contributed by atoms with Gasteiger partial charge in [-0.2, -0.15) is 5.10 Å². The Morgan fingerprint density at radius 3 is 2.41 bits per heavy atom. The van der Waals surface area contributed by atoms with Gasteiger partial charge in [0.2, 0.25) is 0 Å². The number of amides is 1. The summed E-state index contributed by atoms with van der Waals surface area (Å²) >= 11 is 3.40. The molecule has 0 spiro atoms. The second-order valence-corrected chi connectivity index (χ2v) is 7.61. The third-order valence-electron chi connectivity index (χ3n) is 4.30. The van der Waals surface area contributed by atoms with Gasteiger partial charge in [-0.1, -0.05) is 12.1 Å². The number of hydrogen-bond donors (Lipinski definition) is 2. The molecule has 178 valence electrons. The third kappa shape index (κ3) is 7.14. The number of nitrogens with one attached hydrogen (secondary N) is 1. The number of ether oxygens (including phenoxy) is 3. The molecule has 0 fully saturated rings. The molecular weight excluding hydrogens is 521 g/mol. The molecule has 0 unspecified atom stereocenters. The molecule has 3 rings (SSSR count). The van der Waals surface area contributed by atoms with Crippen LogP contribution in [0.4, 0.5) is 13.2 Å². The van der Waals surface area contributed by atoms with Gasteiger partial charge in [0.25, 0.3) is 5.91 Å². The molecule has 11 heteroatoms. The lowest BCUT2D eigenvalue weighted by atomic mass is 10.2. The second kappa shape index (κ2) is 10.9. The highest BCUT2D eigenvalue weighted by Crippen LogP contribution is 2.37. The monoisotopic (exact) mass is 538 g/mol. The highest BCUT2D eigenvalue weighted by atomic mass is 79.9. The molecular formula is C23H18BrF3N2O5. The van der Waals surface area contributed by atoms with E-state index in [4.69, 9.17) is 9.47 Å². The van der Waals surface area contributed by atoms with Crippen molar-refractivity contribution in [2.75, 3.05) is 7.11 Å². The Labute approximate surface area is 200 Å². The van der Waals surface area contributed by atoms with Crippen molar-refractivity contribution in [2.24, 2.45) is 5.10 Å². The number of phenolic OH excluding ortho intramolecular Hbond substituents is 1. The van der Waals surface area contributed by atoms with Crippen LogP contribution in [0.3, 0.4) is 0 Å². The number of aromatic hydroxyl groups is 1. The van der Waals surface area contributed by atoms with Crippen LogP contribution in [0.1, 0.15) is 21.5 Å². The SMILES string of the molecule is COc1cc(/C=N/NC(=O)c2ccc(O)cc2)cc(Br)c1OCc1ccc(OC(F)(F)F)cc1. The first-order chi connectivity index (χ1) is 16.1. The molecule has 0 radical (unpaired) electrons. The van der Waals surface area contributed by atoms with Crippen molar-refractivity contribution in [3.8, 4) is 23.0 Å². The largest absolute Gasteiger partial charge is 0.573 e. The number of carbonyl (C=O) groups is 1. The van der Waals surface area contributed by atoms with E-state index in [1.165, 1.54) is 61.9 Å². The number of benzene rings is 3. The maximum Gasteiger partial charge on any atom is 0.573 e. The molecule has 0 saturated carbocycles. The van der Waals surface area contributed by atoms with Crippen molar-refractivity contribution in [2.45, 2.75) is 13.0 Å². The van der Waals surface area contributed by atoms with Crippen LogP contribution in [-0.4, -0.2) is 30.7 Å². The van der Waals surface area contributed by atoms with Crippen molar-refractivity contribution < 1.29 is 37.3 Å². The summed E-state index contributed by atoms with van der Waals surface area (Å²) in [7, 11) is 1.45. The number of carbonyl (C=O) groups excluding carboxylic acids is 1. The van der Waals surface area contributed by atoms with Crippen molar-refractivity contribution in [1.29, 1.82) is 0 Å². The van der Waals surface area contributed by atoms with Crippen LogP contribution in [0.15, 0.2) is 70.2 Å². The fraction of sp³-hybridized carbons (Fsp3) is 0.130. The number of hydrazone groups is 1. The normalized spacial score (nSPS) is 11.3.